The van der Waals surface area contributed by atoms with Crippen molar-refractivity contribution in [1.82, 2.24) is 0 Å². The summed E-state index contributed by atoms with van der Waals surface area (Å²) >= 11 is 4.87. The highest BCUT2D eigenvalue weighted by Gasteiger charge is 2.08. The second-order valence-electron chi connectivity index (χ2n) is 2.61. The number of nitrogens with zero attached hydrogens (tertiary/aromatic N) is 2. The SMILES string of the molecule is Cc1cc(/C=N\OCl)ccc1[N+](=O)[O-]. The summed E-state index contributed by atoms with van der Waals surface area (Å²) in [5.41, 5.74) is 1.33. The first-order valence-electron chi connectivity index (χ1n) is 3.71. The van der Waals surface area contributed by atoms with Crippen molar-refractivity contribution in [2.45, 2.75) is 6.92 Å². The van der Waals surface area contributed by atoms with E-state index in [4.69, 9.17) is 11.9 Å². The van der Waals surface area contributed by atoms with E-state index in [-0.39, 0.29) is 5.69 Å². The number of nitro groups is 1. The van der Waals surface area contributed by atoms with E-state index in [9.17, 15) is 10.1 Å². The smallest absolute Gasteiger partial charge is 0.272 e. The number of hydrogen-bond donors (Lipinski definition) is 0. The molecule has 0 aromatic heterocycles. The first-order valence-corrected chi connectivity index (χ1v) is 4.02. The van der Waals surface area contributed by atoms with E-state index in [2.05, 4.69) is 9.55 Å². The third-order valence-corrected chi connectivity index (χ3v) is 1.74. The van der Waals surface area contributed by atoms with Gasteiger partial charge in [0.05, 0.1) is 11.1 Å². The number of oxime groups is 1. The van der Waals surface area contributed by atoms with Gasteiger partial charge in [-0.25, -0.2) is 0 Å². The van der Waals surface area contributed by atoms with Gasteiger partial charge in [-0.15, -0.1) is 0 Å². The zero-order chi connectivity index (χ0) is 10.6. The molecule has 0 aliphatic rings. The lowest BCUT2D eigenvalue weighted by Gasteiger charge is -1.97. The van der Waals surface area contributed by atoms with Crippen molar-refractivity contribution in [1.29, 1.82) is 0 Å². The first-order chi connectivity index (χ1) is 6.65. The quantitative estimate of drug-likeness (QED) is 0.441. The molecule has 5 nitrogen and oxygen atoms in total. The standard InChI is InChI=1S/C8H7ClN2O3/c1-6-4-7(5-10-14-9)2-3-8(6)11(12)13/h2-5H,1H3/b10-5-. The Kier molecular flexibility index (Phi) is 3.41. The van der Waals surface area contributed by atoms with Crippen LogP contribution in [0.2, 0.25) is 0 Å². The maximum atomic E-state index is 10.5. The lowest BCUT2D eigenvalue weighted by Crippen LogP contribution is -1.92. The summed E-state index contributed by atoms with van der Waals surface area (Å²) in [6.45, 7) is 1.65. The summed E-state index contributed by atoms with van der Waals surface area (Å²) in [6.07, 6.45) is 1.36. The number of hydrogen-bond acceptors (Lipinski definition) is 4. The molecule has 0 radical (unpaired) electrons. The lowest BCUT2D eigenvalue weighted by atomic mass is 10.1. The zero-order valence-electron chi connectivity index (χ0n) is 7.31. The van der Waals surface area contributed by atoms with Crippen LogP contribution in [0.1, 0.15) is 11.1 Å². The van der Waals surface area contributed by atoms with Crippen LogP contribution in [0.25, 0.3) is 0 Å². The van der Waals surface area contributed by atoms with Crippen LogP contribution < -0.4 is 0 Å². The Balaban J connectivity index is 3.00. The average Bonchev–Trinajstić information content (AvgIpc) is 2.14. The van der Waals surface area contributed by atoms with Gasteiger partial charge in [-0.2, -0.15) is 0 Å². The fourth-order valence-corrected chi connectivity index (χ4v) is 1.08. The number of halogens is 1. The summed E-state index contributed by atoms with van der Waals surface area (Å²) in [4.78, 5) is 10.0. The predicted octanol–water partition coefficient (Wildman–Crippen LogP) is 2.41. The summed E-state index contributed by atoms with van der Waals surface area (Å²) in [6, 6.07) is 4.59. The molecule has 1 rings (SSSR count). The van der Waals surface area contributed by atoms with Crippen molar-refractivity contribution < 1.29 is 9.31 Å². The Morgan fingerprint density at radius 3 is 2.86 bits per heavy atom. The Morgan fingerprint density at radius 2 is 2.36 bits per heavy atom. The normalized spacial score (nSPS) is 10.4. The van der Waals surface area contributed by atoms with Gasteiger partial charge >= 0.3 is 0 Å². The second-order valence-corrected chi connectivity index (χ2v) is 2.74. The van der Waals surface area contributed by atoms with Gasteiger partial charge < -0.3 is 0 Å². The van der Waals surface area contributed by atoms with E-state index < -0.39 is 4.92 Å². The number of aryl methyl sites for hydroxylation is 1. The predicted molar refractivity (Wildman–Crippen MR) is 52.4 cm³/mol. The maximum absolute atomic E-state index is 10.5. The summed E-state index contributed by atoms with van der Waals surface area (Å²) in [5.74, 6) is 0. The van der Waals surface area contributed by atoms with Crippen LogP contribution in [-0.4, -0.2) is 11.1 Å². The van der Waals surface area contributed by atoms with Crippen molar-refractivity contribution in [2.24, 2.45) is 5.16 Å². The highest BCUT2D eigenvalue weighted by molar-refractivity contribution is 6.07. The van der Waals surface area contributed by atoms with E-state index in [1.54, 1.807) is 19.1 Å². The first kappa shape index (κ1) is 10.5. The minimum absolute atomic E-state index is 0.0777. The van der Waals surface area contributed by atoms with Gasteiger partial charge in [-0.1, -0.05) is 5.16 Å². The largest absolute Gasteiger partial charge is 0.277 e. The van der Waals surface area contributed by atoms with Crippen molar-refractivity contribution >= 4 is 23.8 Å². The van der Waals surface area contributed by atoms with Gasteiger partial charge in [0.15, 0.2) is 11.9 Å². The molecular weight excluding hydrogens is 208 g/mol. The van der Waals surface area contributed by atoms with Crippen molar-refractivity contribution in [2.75, 3.05) is 0 Å². The van der Waals surface area contributed by atoms with E-state index in [0.29, 0.717) is 11.1 Å². The molecule has 0 aliphatic heterocycles. The molecule has 74 valence electrons. The molecular formula is C8H7ClN2O3. The molecule has 0 aliphatic carbocycles. The molecule has 0 spiro atoms. The molecule has 0 saturated carbocycles. The molecule has 0 saturated heterocycles. The number of nitro benzene ring substituents is 1. The van der Waals surface area contributed by atoms with Gasteiger partial charge in [0.1, 0.15) is 0 Å². The van der Waals surface area contributed by atoms with Crippen LogP contribution in [0, 0.1) is 17.0 Å². The second kappa shape index (κ2) is 4.57. The van der Waals surface area contributed by atoms with Crippen LogP contribution in [0.4, 0.5) is 5.69 Å². The molecule has 0 N–H and O–H groups in total. The minimum atomic E-state index is -0.436. The lowest BCUT2D eigenvalue weighted by molar-refractivity contribution is -0.385. The molecule has 1 aromatic carbocycles. The Hall–Kier alpha value is -1.62. The molecule has 0 unspecified atom stereocenters. The van der Waals surface area contributed by atoms with Crippen LogP contribution in [-0.2, 0) is 4.39 Å². The highest BCUT2D eigenvalue weighted by Crippen LogP contribution is 2.17. The third kappa shape index (κ3) is 2.43. The number of benzene rings is 1. The topological polar surface area (TPSA) is 64.7 Å². The summed E-state index contributed by atoms with van der Waals surface area (Å²) < 4.78 is 3.97. The van der Waals surface area contributed by atoms with Gasteiger partial charge in [0, 0.05) is 11.6 Å². The van der Waals surface area contributed by atoms with Crippen LogP contribution in [0.3, 0.4) is 0 Å². The van der Waals surface area contributed by atoms with Crippen LogP contribution in [0.5, 0.6) is 0 Å². The van der Waals surface area contributed by atoms with Crippen molar-refractivity contribution in [3.8, 4) is 0 Å². The van der Waals surface area contributed by atoms with Crippen molar-refractivity contribution in [3.63, 3.8) is 0 Å². The van der Waals surface area contributed by atoms with E-state index in [1.807, 2.05) is 0 Å². The molecule has 0 fully saturated rings. The summed E-state index contributed by atoms with van der Waals surface area (Å²) in [7, 11) is 0. The Bertz CT molecular complexity index is 379. The molecule has 1 aromatic rings. The van der Waals surface area contributed by atoms with E-state index in [1.165, 1.54) is 12.3 Å². The van der Waals surface area contributed by atoms with Crippen molar-refractivity contribution in [3.05, 3.63) is 39.4 Å². The van der Waals surface area contributed by atoms with Gasteiger partial charge in [0.2, 0.25) is 0 Å². The average molecular weight is 215 g/mol. The van der Waals surface area contributed by atoms with Crippen LogP contribution in [0.15, 0.2) is 23.4 Å². The molecule has 6 heteroatoms. The van der Waals surface area contributed by atoms with Gasteiger partial charge in [-0.05, 0) is 24.6 Å². The Morgan fingerprint density at radius 1 is 1.64 bits per heavy atom. The fourth-order valence-electron chi connectivity index (χ4n) is 1.04. The van der Waals surface area contributed by atoms with E-state index in [0.717, 1.165) is 0 Å². The zero-order valence-corrected chi connectivity index (χ0v) is 8.06. The Labute approximate surface area is 85.3 Å². The maximum Gasteiger partial charge on any atom is 0.272 e. The monoisotopic (exact) mass is 214 g/mol. The molecule has 0 amide bonds. The third-order valence-electron chi connectivity index (χ3n) is 1.66. The van der Waals surface area contributed by atoms with Gasteiger partial charge in [0.25, 0.3) is 5.69 Å². The number of rotatable bonds is 3. The van der Waals surface area contributed by atoms with Gasteiger partial charge in [-0.3, -0.25) is 14.5 Å². The minimum Gasteiger partial charge on any atom is -0.277 e. The van der Waals surface area contributed by atoms with Crippen LogP contribution >= 0.6 is 11.9 Å². The molecule has 0 heterocycles. The molecule has 0 atom stereocenters. The fraction of sp³-hybridized carbons (Fsp3) is 0.125. The van der Waals surface area contributed by atoms with E-state index >= 15 is 0 Å². The molecule has 0 bridgehead atoms. The molecule has 14 heavy (non-hydrogen) atoms. The summed E-state index contributed by atoms with van der Waals surface area (Å²) in [5, 5.41) is 13.8. The highest BCUT2D eigenvalue weighted by atomic mass is 35.5.